The summed E-state index contributed by atoms with van der Waals surface area (Å²) >= 11 is 0. The van der Waals surface area contributed by atoms with E-state index in [1.54, 1.807) is 21.5 Å². The average molecular weight is 555 g/mol. The minimum absolute atomic E-state index is 0.0397. The molecule has 0 aliphatic carbocycles. The molecule has 14 heteroatoms. The van der Waals surface area contributed by atoms with E-state index >= 15 is 0 Å². The Bertz CT molecular complexity index is 2230. The summed E-state index contributed by atoms with van der Waals surface area (Å²) < 4.78 is 13.2. The summed E-state index contributed by atoms with van der Waals surface area (Å²) in [5.74, 6) is 0. The molecule has 0 amide bonds. The number of hydrogen-bond donors (Lipinski definition) is 1. The summed E-state index contributed by atoms with van der Waals surface area (Å²) in [5.41, 5.74) is 7.81. The Kier molecular flexibility index (Phi) is 5.37. The van der Waals surface area contributed by atoms with E-state index in [1.165, 1.54) is 0 Å². The Hall–Kier alpha value is -4.58. The Morgan fingerprint density at radius 1 is 1.05 bits per heavy atom. The molecule has 1 aromatic carbocycles. The zero-order valence-corrected chi connectivity index (χ0v) is 24.0. The summed E-state index contributed by atoms with van der Waals surface area (Å²) in [6.45, 7) is 1.27. The molecule has 0 bridgehead atoms. The van der Waals surface area contributed by atoms with Gasteiger partial charge in [-0.05, 0) is 41.8 Å². The quantitative estimate of drug-likeness (QED) is 0.322. The molecule has 0 atom stereocenters. The number of aryl methyl sites for hydroxylation is 1. The maximum absolute atomic E-state index is 13.8. The fourth-order valence-electron chi connectivity index (χ4n) is 6.48. The van der Waals surface area contributed by atoms with Crippen LogP contribution in [0.25, 0.3) is 61.0 Å². The largest absolute Gasteiger partial charge is 0.381 e. The van der Waals surface area contributed by atoms with Gasteiger partial charge in [0.1, 0.15) is 29.2 Å². The first-order chi connectivity index (χ1) is 20.3. The number of H-pyrrole nitrogens is 1. The molecule has 1 aliphatic heterocycles. The summed E-state index contributed by atoms with van der Waals surface area (Å²) in [4.78, 5) is 26.9. The summed E-state index contributed by atoms with van der Waals surface area (Å²) in [7, 11) is 8.27. The number of aromatic nitrogens is 9. The lowest BCUT2D eigenvalue weighted by Gasteiger charge is -2.23. The fourth-order valence-corrected chi connectivity index (χ4v) is 6.48. The van der Waals surface area contributed by atoms with Crippen LogP contribution in [-0.2, 0) is 17.0 Å². The molecule has 1 fully saturated rings. The molecule has 7 aromatic rings. The minimum Gasteiger partial charge on any atom is -0.381 e. The van der Waals surface area contributed by atoms with Gasteiger partial charge in [-0.2, -0.15) is 10.2 Å². The highest BCUT2D eigenvalue weighted by molar-refractivity contribution is 6.56. The second-order valence-electron chi connectivity index (χ2n) is 12.1. The molecular formula is C28H28B3N9O2. The van der Waals surface area contributed by atoms with Crippen LogP contribution in [0.15, 0.2) is 60.0 Å². The van der Waals surface area contributed by atoms with Gasteiger partial charge in [0.2, 0.25) is 0 Å². The van der Waals surface area contributed by atoms with Crippen molar-refractivity contribution in [3.05, 3.63) is 65.7 Å². The highest BCUT2D eigenvalue weighted by Gasteiger charge is 2.28. The number of ether oxygens (including phenoxy) is 1. The van der Waals surface area contributed by atoms with Crippen LogP contribution in [0, 0.1) is 0 Å². The lowest BCUT2D eigenvalue weighted by atomic mass is 9.49. The van der Waals surface area contributed by atoms with Gasteiger partial charge in [-0.15, -0.1) is 0 Å². The average Bonchev–Trinajstić information content (AvgIpc) is 3.75. The monoisotopic (exact) mass is 555 g/mol. The Morgan fingerprint density at radius 3 is 2.69 bits per heavy atom. The van der Waals surface area contributed by atoms with E-state index < -0.39 is 0 Å². The third-order valence-electron chi connectivity index (χ3n) is 8.47. The Balaban J connectivity index is 1.50. The SMILES string of the molecule is BC(B)(B)n1ncc2cc(-c3c(-c4cnn5cccnc45)[nH]c4ncc5c(c34)n(C3CCOCC3)c(=O)n5C)ccc21. The van der Waals surface area contributed by atoms with E-state index in [9.17, 15) is 4.79 Å². The predicted octanol–water partition coefficient (Wildman–Crippen LogP) is 0.761. The van der Waals surface area contributed by atoms with E-state index in [4.69, 9.17) is 14.8 Å². The molecule has 1 aliphatic rings. The van der Waals surface area contributed by atoms with Crippen molar-refractivity contribution in [3.63, 3.8) is 0 Å². The van der Waals surface area contributed by atoms with E-state index in [0.717, 1.165) is 68.2 Å². The highest BCUT2D eigenvalue weighted by atomic mass is 16.5. The number of hydrogen-bond acceptors (Lipinski definition) is 6. The Labute approximate surface area is 242 Å². The molecule has 1 saturated heterocycles. The van der Waals surface area contributed by atoms with E-state index in [2.05, 4.69) is 61.5 Å². The van der Waals surface area contributed by atoms with E-state index in [1.807, 2.05) is 36.3 Å². The van der Waals surface area contributed by atoms with Crippen molar-refractivity contribution in [1.82, 2.24) is 43.5 Å². The number of pyridine rings is 1. The first-order valence-corrected chi connectivity index (χ1v) is 14.3. The topological polar surface area (TPSA) is 113 Å². The van der Waals surface area contributed by atoms with Gasteiger partial charge in [-0.25, -0.2) is 19.3 Å². The van der Waals surface area contributed by atoms with Crippen molar-refractivity contribution in [1.29, 1.82) is 0 Å². The lowest BCUT2D eigenvalue weighted by molar-refractivity contribution is 0.0697. The van der Waals surface area contributed by atoms with E-state index in [-0.39, 0.29) is 17.0 Å². The maximum atomic E-state index is 13.8. The second-order valence-corrected chi connectivity index (χ2v) is 12.1. The number of nitrogens with zero attached hydrogens (tertiary/aromatic N) is 8. The summed E-state index contributed by atoms with van der Waals surface area (Å²) in [6.07, 6.45) is 10.8. The number of imidazole rings is 1. The van der Waals surface area contributed by atoms with Gasteiger partial charge in [-0.3, -0.25) is 13.8 Å². The lowest BCUT2D eigenvalue weighted by Crippen LogP contribution is -2.35. The zero-order valence-electron chi connectivity index (χ0n) is 24.0. The molecule has 0 spiro atoms. The molecule has 0 saturated carbocycles. The number of rotatable bonds is 4. The van der Waals surface area contributed by atoms with Gasteiger partial charge in [-0.1, -0.05) is 6.07 Å². The molecule has 206 valence electrons. The number of benzene rings is 1. The minimum atomic E-state index is -0.155. The molecule has 11 nitrogen and oxygen atoms in total. The summed E-state index contributed by atoms with van der Waals surface area (Å²) in [5, 5.41) is 11.1. The molecular weight excluding hydrogens is 527 g/mol. The van der Waals surface area contributed by atoms with Gasteiger partial charge >= 0.3 is 5.69 Å². The van der Waals surface area contributed by atoms with Crippen molar-refractivity contribution in [2.24, 2.45) is 7.05 Å². The van der Waals surface area contributed by atoms with Crippen LogP contribution in [0.5, 0.6) is 0 Å². The predicted molar refractivity (Wildman–Crippen MR) is 170 cm³/mol. The van der Waals surface area contributed by atoms with Crippen LogP contribution in [0.1, 0.15) is 18.9 Å². The Morgan fingerprint density at radius 2 is 1.88 bits per heavy atom. The first-order valence-electron chi connectivity index (χ1n) is 14.3. The highest BCUT2D eigenvalue weighted by Crippen LogP contribution is 2.43. The molecule has 0 radical (unpaired) electrons. The van der Waals surface area contributed by atoms with Crippen LogP contribution < -0.4 is 5.69 Å². The van der Waals surface area contributed by atoms with Crippen LogP contribution in [0.2, 0.25) is 0 Å². The van der Waals surface area contributed by atoms with Crippen molar-refractivity contribution in [2.45, 2.75) is 24.1 Å². The van der Waals surface area contributed by atoms with Gasteiger partial charge in [0.25, 0.3) is 0 Å². The molecule has 7 heterocycles. The number of nitrogens with one attached hydrogen (secondary N) is 1. The first kappa shape index (κ1) is 25.2. The third-order valence-corrected chi connectivity index (χ3v) is 8.47. The molecule has 8 rings (SSSR count). The van der Waals surface area contributed by atoms with Crippen molar-refractivity contribution in [3.8, 4) is 22.4 Å². The zero-order chi connectivity index (χ0) is 28.7. The third kappa shape index (κ3) is 3.57. The number of fused-ring (bicyclic) bond motifs is 5. The van der Waals surface area contributed by atoms with E-state index in [0.29, 0.717) is 18.9 Å². The number of aromatic amines is 1. The smallest absolute Gasteiger partial charge is 0.329 e. The molecule has 6 aromatic heterocycles. The molecule has 1 N–H and O–H groups in total. The van der Waals surface area contributed by atoms with Crippen molar-refractivity contribution in [2.75, 3.05) is 13.2 Å². The van der Waals surface area contributed by atoms with Gasteiger partial charge in [0.05, 0.1) is 51.8 Å². The summed E-state index contributed by atoms with van der Waals surface area (Å²) in [6, 6.07) is 8.34. The molecule has 42 heavy (non-hydrogen) atoms. The normalized spacial score (nSPS) is 15.1. The van der Waals surface area contributed by atoms with Crippen molar-refractivity contribution >= 4 is 62.2 Å². The van der Waals surface area contributed by atoms with Gasteiger partial charge in [0.15, 0.2) is 5.65 Å². The van der Waals surface area contributed by atoms with Gasteiger partial charge < -0.3 is 9.72 Å². The second kappa shape index (κ2) is 8.96. The van der Waals surface area contributed by atoms with Crippen LogP contribution in [0.4, 0.5) is 0 Å². The van der Waals surface area contributed by atoms with Crippen LogP contribution in [-0.4, -0.2) is 80.2 Å². The van der Waals surface area contributed by atoms with Crippen LogP contribution in [0.3, 0.4) is 0 Å². The fraction of sp³-hybridized carbons (Fsp3) is 0.250. The van der Waals surface area contributed by atoms with Gasteiger partial charge in [0, 0.05) is 49.6 Å². The standard InChI is InChI=1S/C28H28B3N9O2/c1-37-20-14-33-25-22(24(20)39(27(37)41)17-5-9-42-10-6-17)21(23(36-25)18-13-34-38-8-2-7-32-26(18)38)15-3-4-19-16(11-15)12-35-40(19)28(29,30)31/h2-4,7-8,11-14,17H,5-6,9-10,29-31H2,1H3,(H,33,36). The van der Waals surface area contributed by atoms with Crippen molar-refractivity contribution < 1.29 is 4.74 Å². The van der Waals surface area contributed by atoms with Crippen LogP contribution >= 0.6 is 0 Å². The molecule has 0 unspecified atom stereocenters. The maximum Gasteiger partial charge on any atom is 0.329 e.